The van der Waals surface area contributed by atoms with Gasteiger partial charge in [-0.05, 0) is 66.4 Å². The summed E-state index contributed by atoms with van der Waals surface area (Å²) in [5, 5.41) is 15.4. The summed E-state index contributed by atoms with van der Waals surface area (Å²) in [4.78, 5) is 2.09. The maximum absolute atomic E-state index is 10.0. The van der Waals surface area contributed by atoms with Crippen molar-refractivity contribution in [1.29, 1.82) is 0 Å². The maximum atomic E-state index is 10.0. The third-order valence-corrected chi connectivity index (χ3v) is 5.85. The second-order valence-corrected chi connectivity index (χ2v) is 7.90. The van der Waals surface area contributed by atoms with Crippen molar-refractivity contribution in [3.8, 4) is 5.75 Å². The Morgan fingerprint density at radius 1 is 1.19 bits per heavy atom. The predicted molar refractivity (Wildman–Crippen MR) is 113 cm³/mol. The van der Waals surface area contributed by atoms with Gasteiger partial charge in [0.25, 0.3) is 0 Å². The lowest BCUT2D eigenvalue weighted by Crippen LogP contribution is -2.40. The van der Waals surface area contributed by atoms with Crippen molar-refractivity contribution in [2.24, 2.45) is 0 Å². The van der Waals surface area contributed by atoms with Crippen LogP contribution in [0.2, 0.25) is 15.1 Å². The van der Waals surface area contributed by atoms with Gasteiger partial charge >= 0.3 is 0 Å². The summed E-state index contributed by atoms with van der Waals surface area (Å²) in [6, 6.07) is 9.61. The van der Waals surface area contributed by atoms with Gasteiger partial charge in [0.2, 0.25) is 0 Å². The predicted octanol–water partition coefficient (Wildman–Crippen LogP) is 5.22. The first-order chi connectivity index (χ1) is 12.5. The molecule has 0 unspecified atom stereocenters. The lowest BCUT2D eigenvalue weighted by Gasteiger charge is -2.25. The van der Waals surface area contributed by atoms with Crippen LogP contribution in [0.4, 0.5) is 0 Å². The SMILES string of the molecule is Oc1c(Cl)cc2c(c1Cl)CN(C(=S)NCCc1ccc(Cl)cc1)CCC2. The number of nitrogens with zero attached hydrogens (tertiary/aromatic N) is 1. The van der Waals surface area contributed by atoms with E-state index in [1.54, 1.807) is 6.07 Å². The van der Waals surface area contributed by atoms with Gasteiger partial charge in [0.1, 0.15) is 0 Å². The van der Waals surface area contributed by atoms with Crippen LogP contribution in [0, 0.1) is 0 Å². The van der Waals surface area contributed by atoms with Crippen LogP contribution in [0.1, 0.15) is 23.1 Å². The van der Waals surface area contributed by atoms with Crippen molar-refractivity contribution >= 4 is 52.1 Å². The number of aryl methyl sites for hydroxylation is 1. The van der Waals surface area contributed by atoms with E-state index in [2.05, 4.69) is 10.2 Å². The molecule has 0 aliphatic carbocycles. The molecule has 0 fully saturated rings. The highest BCUT2D eigenvalue weighted by atomic mass is 35.5. The highest BCUT2D eigenvalue weighted by Crippen LogP contribution is 2.38. The van der Waals surface area contributed by atoms with E-state index in [1.807, 2.05) is 24.3 Å². The molecule has 0 radical (unpaired) electrons. The first-order valence-corrected chi connectivity index (χ1v) is 9.96. The summed E-state index contributed by atoms with van der Waals surface area (Å²) in [6.07, 6.45) is 2.67. The summed E-state index contributed by atoms with van der Waals surface area (Å²) in [5.41, 5.74) is 3.17. The van der Waals surface area contributed by atoms with E-state index >= 15 is 0 Å². The van der Waals surface area contributed by atoms with Crippen LogP contribution in [0.25, 0.3) is 0 Å². The molecule has 3 rings (SSSR count). The van der Waals surface area contributed by atoms with Crippen LogP contribution >= 0.6 is 47.0 Å². The number of rotatable bonds is 3. The minimum absolute atomic E-state index is 0.0597. The van der Waals surface area contributed by atoms with E-state index < -0.39 is 0 Å². The topological polar surface area (TPSA) is 35.5 Å². The van der Waals surface area contributed by atoms with Gasteiger partial charge in [-0.2, -0.15) is 0 Å². The summed E-state index contributed by atoms with van der Waals surface area (Å²) in [6.45, 7) is 2.13. The molecule has 0 spiro atoms. The third kappa shape index (κ3) is 4.55. The average molecular weight is 430 g/mol. The number of phenolic OH excluding ortho intramolecular Hbond substituents is 1. The molecule has 1 heterocycles. The van der Waals surface area contributed by atoms with Crippen molar-refractivity contribution in [3.63, 3.8) is 0 Å². The molecule has 2 aromatic rings. The monoisotopic (exact) mass is 428 g/mol. The number of halogens is 3. The fraction of sp³-hybridized carbons (Fsp3) is 0.316. The number of thiocarbonyl (C=S) groups is 1. The normalized spacial score (nSPS) is 13.9. The van der Waals surface area contributed by atoms with Crippen LogP contribution < -0.4 is 5.32 Å². The fourth-order valence-corrected chi connectivity index (χ4v) is 4.01. The smallest absolute Gasteiger partial charge is 0.169 e. The summed E-state index contributed by atoms with van der Waals surface area (Å²) in [5.74, 6) is -0.0597. The van der Waals surface area contributed by atoms with Gasteiger partial charge in [0.05, 0.1) is 10.0 Å². The number of aromatic hydroxyl groups is 1. The zero-order chi connectivity index (χ0) is 18.7. The molecule has 0 aromatic heterocycles. The molecule has 2 N–H and O–H groups in total. The van der Waals surface area contributed by atoms with E-state index in [0.29, 0.717) is 21.7 Å². The Labute approximate surface area is 173 Å². The molecule has 26 heavy (non-hydrogen) atoms. The number of hydrogen-bond donors (Lipinski definition) is 2. The minimum Gasteiger partial charge on any atom is -0.505 e. The molecule has 1 aliphatic rings. The van der Waals surface area contributed by atoms with Gasteiger partial charge in [-0.3, -0.25) is 0 Å². The summed E-state index contributed by atoms with van der Waals surface area (Å²) < 4.78 is 0. The Hall–Kier alpha value is -1.20. The second kappa shape index (κ2) is 8.66. The first kappa shape index (κ1) is 19.6. The molecule has 0 bridgehead atoms. The standard InChI is InChI=1S/C19H19Cl3N2OS/c20-14-5-3-12(4-6-14)7-8-23-19(26)24-9-1-2-13-10-16(21)18(25)17(22)15(13)11-24/h3-6,10,25H,1-2,7-9,11H2,(H,23,26). The lowest BCUT2D eigenvalue weighted by molar-refractivity contribution is 0.409. The number of nitrogens with one attached hydrogen (secondary N) is 1. The maximum Gasteiger partial charge on any atom is 0.169 e. The Morgan fingerprint density at radius 3 is 2.65 bits per heavy atom. The average Bonchev–Trinajstić information content (AvgIpc) is 2.84. The molecule has 0 amide bonds. The van der Waals surface area contributed by atoms with Crippen molar-refractivity contribution in [2.75, 3.05) is 13.1 Å². The van der Waals surface area contributed by atoms with E-state index in [1.165, 1.54) is 5.56 Å². The lowest BCUT2D eigenvalue weighted by atomic mass is 10.0. The zero-order valence-electron chi connectivity index (χ0n) is 14.1. The molecule has 2 aromatic carbocycles. The van der Waals surface area contributed by atoms with Crippen LogP contribution in [0.15, 0.2) is 30.3 Å². The van der Waals surface area contributed by atoms with Gasteiger partial charge in [-0.25, -0.2) is 0 Å². The molecule has 138 valence electrons. The highest BCUT2D eigenvalue weighted by Gasteiger charge is 2.22. The van der Waals surface area contributed by atoms with Gasteiger partial charge in [-0.15, -0.1) is 0 Å². The highest BCUT2D eigenvalue weighted by molar-refractivity contribution is 7.80. The molecular formula is C19H19Cl3N2OS. The molecule has 7 heteroatoms. The quantitative estimate of drug-likeness (QED) is 0.656. The van der Waals surface area contributed by atoms with Gasteiger partial charge < -0.3 is 15.3 Å². The van der Waals surface area contributed by atoms with E-state index in [4.69, 9.17) is 47.0 Å². The zero-order valence-corrected chi connectivity index (χ0v) is 17.2. The van der Waals surface area contributed by atoms with E-state index in [0.717, 1.165) is 48.5 Å². The molecule has 0 atom stereocenters. The Bertz CT molecular complexity index is 811. The minimum atomic E-state index is -0.0597. The van der Waals surface area contributed by atoms with Crippen LogP contribution in [-0.2, 0) is 19.4 Å². The Kier molecular flexibility index (Phi) is 6.51. The number of fused-ring (bicyclic) bond motifs is 1. The molecule has 3 nitrogen and oxygen atoms in total. The second-order valence-electron chi connectivity index (χ2n) is 6.29. The van der Waals surface area contributed by atoms with Crippen molar-refractivity contribution in [3.05, 3.63) is 62.1 Å². The van der Waals surface area contributed by atoms with E-state index in [9.17, 15) is 5.11 Å². The number of benzene rings is 2. The number of phenols is 1. The fourth-order valence-electron chi connectivity index (χ4n) is 3.07. The molecule has 0 saturated carbocycles. The van der Waals surface area contributed by atoms with E-state index in [-0.39, 0.29) is 5.75 Å². The van der Waals surface area contributed by atoms with Crippen LogP contribution in [0.3, 0.4) is 0 Å². The van der Waals surface area contributed by atoms with Crippen LogP contribution in [-0.4, -0.2) is 28.2 Å². The Balaban J connectivity index is 1.63. The van der Waals surface area contributed by atoms with Gasteiger partial charge in [0.15, 0.2) is 10.9 Å². The Morgan fingerprint density at radius 2 is 1.92 bits per heavy atom. The number of hydrogen-bond acceptors (Lipinski definition) is 2. The first-order valence-electron chi connectivity index (χ1n) is 8.41. The largest absolute Gasteiger partial charge is 0.505 e. The van der Waals surface area contributed by atoms with Crippen molar-refractivity contribution < 1.29 is 5.11 Å². The van der Waals surface area contributed by atoms with Gasteiger partial charge in [0, 0.05) is 24.7 Å². The summed E-state index contributed by atoms with van der Waals surface area (Å²) >= 11 is 23.8. The van der Waals surface area contributed by atoms with Crippen molar-refractivity contribution in [1.82, 2.24) is 10.2 Å². The van der Waals surface area contributed by atoms with Gasteiger partial charge in [-0.1, -0.05) is 46.9 Å². The molecular weight excluding hydrogens is 411 g/mol. The molecule has 1 aliphatic heterocycles. The van der Waals surface area contributed by atoms with Crippen LogP contribution in [0.5, 0.6) is 5.75 Å². The third-order valence-electron chi connectivity index (χ3n) is 4.50. The summed E-state index contributed by atoms with van der Waals surface area (Å²) in [7, 11) is 0. The van der Waals surface area contributed by atoms with Crippen molar-refractivity contribution in [2.45, 2.75) is 25.8 Å². The molecule has 0 saturated heterocycles.